The third-order valence-electron chi connectivity index (χ3n) is 1.95. The zero-order valence-corrected chi connectivity index (χ0v) is 10.5. The minimum atomic E-state index is -0.882. The summed E-state index contributed by atoms with van der Waals surface area (Å²) in [5, 5.41) is 0. The Kier molecular flexibility index (Phi) is 5.08. The SMILES string of the molecule is ClP(Cl)[C@H]1CCC[C@@H]1P(Cl)Cl. The molecule has 1 saturated carbocycles. The zero-order chi connectivity index (χ0) is 8.43. The van der Waals surface area contributed by atoms with Crippen LogP contribution >= 0.6 is 58.2 Å². The molecule has 1 fully saturated rings. The third-order valence-corrected chi connectivity index (χ3v) is 7.43. The maximum atomic E-state index is 5.85. The molecule has 0 spiro atoms. The Morgan fingerprint density at radius 1 is 0.818 bits per heavy atom. The fraction of sp³-hybridized carbons (Fsp3) is 1.00. The highest BCUT2D eigenvalue weighted by molar-refractivity contribution is 8.07. The first-order chi connectivity index (χ1) is 5.13. The van der Waals surface area contributed by atoms with Crippen LogP contribution in [0.4, 0.5) is 0 Å². The summed E-state index contributed by atoms with van der Waals surface area (Å²) >= 11 is 23.4. The molecule has 1 aliphatic carbocycles. The molecule has 0 aromatic carbocycles. The Balaban J connectivity index is 2.51. The van der Waals surface area contributed by atoms with Gasteiger partial charge in [-0.2, -0.15) is 0 Å². The van der Waals surface area contributed by atoms with Gasteiger partial charge in [-0.3, -0.25) is 0 Å². The molecular weight excluding hydrogens is 264 g/mol. The number of hydrogen-bond acceptors (Lipinski definition) is 0. The van der Waals surface area contributed by atoms with Crippen LogP contribution in [0.2, 0.25) is 0 Å². The largest absolute Gasteiger partial charge is 0.0893 e. The fourth-order valence-electron chi connectivity index (χ4n) is 1.38. The van der Waals surface area contributed by atoms with Gasteiger partial charge >= 0.3 is 0 Å². The molecular formula is C5H8Cl4P2. The highest BCUT2D eigenvalue weighted by Crippen LogP contribution is 2.66. The number of hydrogen-bond donors (Lipinski definition) is 0. The van der Waals surface area contributed by atoms with Crippen LogP contribution < -0.4 is 0 Å². The Bertz CT molecular complexity index is 116. The van der Waals surface area contributed by atoms with Crippen LogP contribution in [-0.4, -0.2) is 11.3 Å². The summed E-state index contributed by atoms with van der Waals surface area (Å²) in [6.07, 6.45) is 3.37. The maximum Gasteiger partial charge on any atom is 0.0893 e. The van der Waals surface area contributed by atoms with Gasteiger partial charge in [0.25, 0.3) is 0 Å². The smallest absolute Gasteiger partial charge is 0.0778 e. The predicted molar refractivity (Wildman–Crippen MR) is 58.7 cm³/mol. The molecule has 0 aromatic rings. The molecule has 0 aliphatic heterocycles. The molecule has 0 radical (unpaired) electrons. The third kappa shape index (κ3) is 3.01. The van der Waals surface area contributed by atoms with E-state index in [-0.39, 0.29) is 0 Å². The highest BCUT2D eigenvalue weighted by atomic mass is 35.9. The average Bonchev–Trinajstić information content (AvgIpc) is 2.32. The van der Waals surface area contributed by atoms with Crippen LogP contribution in [0.25, 0.3) is 0 Å². The Morgan fingerprint density at radius 3 is 1.45 bits per heavy atom. The van der Waals surface area contributed by atoms with Gasteiger partial charge in [-0.15, -0.1) is 0 Å². The first-order valence-electron chi connectivity index (χ1n) is 3.34. The predicted octanol–water partition coefficient (Wildman–Crippen LogP) is 5.49. The van der Waals surface area contributed by atoms with Gasteiger partial charge in [-0.05, 0) is 12.8 Å². The molecule has 0 heterocycles. The molecule has 11 heavy (non-hydrogen) atoms. The Morgan fingerprint density at radius 2 is 1.18 bits per heavy atom. The van der Waals surface area contributed by atoms with Crippen molar-refractivity contribution in [3.05, 3.63) is 0 Å². The maximum absolute atomic E-state index is 5.85. The van der Waals surface area contributed by atoms with Crippen LogP contribution in [0.15, 0.2) is 0 Å². The van der Waals surface area contributed by atoms with Gasteiger partial charge < -0.3 is 0 Å². The van der Waals surface area contributed by atoms with Gasteiger partial charge in [0.2, 0.25) is 0 Å². The molecule has 0 N–H and O–H groups in total. The second kappa shape index (κ2) is 5.04. The van der Waals surface area contributed by atoms with Gasteiger partial charge in [-0.25, -0.2) is 0 Å². The Labute approximate surface area is 88.6 Å². The topological polar surface area (TPSA) is 0 Å². The molecule has 66 valence electrons. The van der Waals surface area contributed by atoms with Crippen molar-refractivity contribution in [3.63, 3.8) is 0 Å². The fourth-order valence-corrected chi connectivity index (χ4v) is 7.50. The van der Waals surface area contributed by atoms with E-state index >= 15 is 0 Å². The molecule has 0 aromatic heterocycles. The second-order valence-corrected chi connectivity index (χ2v) is 10.4. The van der Waals surface area contributed by atoms with Crippen LogP contribution in [0.1, 0.15) is 19.3 Å². The standard InChI is InChI=1S/C5H8Cl4P2/c6-10(7)4-2-1-3-5(4)11(8)9/h4-5H,1-3H2/t4-,5-/m0/s1. The lowest BCUT2D eigenvalue weighted by Gasteiger charge is -2.19. The van der Waals surface area contributed by atoms with Crippen molar-refractivity contribution in [1.29, 1.82) is 0 Å². The molecule has 2 atom stereocenters. The number of rotatable bonds is 2. The van der Waals surface area contributed by atoms with Gasteiger partial charge in [0, 0.05) is 11.3 Å². The van der Waals surface area contributed by atoms with E-state index in [0.717, 1.165) is 12.8 Å². The summed E-state index contributed by atoms with van der Waals surface area (Å²) in [5.74, 6) is 0. The van der Waals surface area contributed by atoms with Crippen molar-refractivity contribution in [2.45, 2.75) is 30.6 Å². The summed E-state index contributed by atoms with van der Waals surface area (Å²) in [4.78, 5) is 0. The van der Waals surface area contributed by atoms with Gasteiger partial charge in [0.05, 0.1) is 13.3 Å². The van der Waals surface area contributed by atoms with E-state index in [4.69, 9.17) is 45.0 Å². The summed E-state index contributed by atoms with van der Waals surface area (Å²) in [7, 11) is 0. The van der Waals surface area contributed by atoms with E-state index in [2.05, 4.69) is 0 Å². The van der Waals surface area contributed by atoms with Gasteiger partial charge in [-0.1, -0.05) is 51.4 Å². The van der Waals surface area contributed by atoms with Gasteiger partial charge in [0.1, 0.15) is 0 Å². The van der Waals surface area contributed by atoms with Gasteiger partial charge in [0.15, 0.2) is 0 Å². The van der Waals surface area contributed by atoms with E-state index in [1.54, 1.807) is 0 Å². The van der Waals surface area contributed by atoms with Crippen LogP contribution in [0.5, 0.6) is 0 Å². The van der Waals surface area contributed by atoms with Crippen LogP contribution in [0, 0.1) is 0 Å². The monoisotopic (exact) mass is 270 g/mol. The molecule has 0 nitrogen and oxygen atoms in total. The first kappa shape index (κ1) is 11.1. The van der Waals surface area contributed by atoms with E-state index in [9.17, 15) is 0 Å². The lowest BCUT2D eigenvalue weighted by molar-refractivity contribution is 0.889. The van der Waals surface area contributed by atoms with Crippen molar-refractivity contribution in [1.82, 2.24) is 0 Å². The molecule has 0 unspecified atom stereocenters. The molecule has 0 amide bonds. The van der Waals surface area contributed by atoms with E-state index in [0.29, 0.717) is 11.3 Å². The zero-order valence-electron chi connectivity index (χ0n) is 5.68. The van der Waals surface area contributed by atoms with E-state index in [1.807, 2.05) is 0 Å². The summed E-state index contributed by atoms with van der Waals surface area (Å²) in [6.45, 7) is -1.76. The van der Waals surface area contributed by atoms with Crippen LogP contribution in [0.3, 0.4) is 0 Å². The number of halogens is 4. The lowest BCUT2D eigenvalue weighted by atomic mass is 10.4. The summed E-state index contributed by atoms with van der Waals surface area (Å²) < 4.78 is 0. The van der Waals surface area contributed by atoms with E-state index in [1.165, 1.54) is 6.42 Å². The second-order valence-electron chi connectivity index (χ2n) is 2.58. The molecule has 1 aliphatic rings. The quantitative estimate of drug-likeness (QED) is 0.583. The minimum absolute atomic E-state index is 0.384. The Hall–Kier alpha value is 2.02. The van der Waals surface area contributed by atoms with E-state index < -0.39 is 13.3 Å². The highest BCUT2D eigenvalue weighted by Gasteiger charge is 2.36. The van der Waals surface area contributed by atoms with Crippen molar-refractivity contribution in [3.8, 4) is 0 Å². The van der Waals surface area contributed by atoms with Crippen molar-refractivity contribution in [2.24, 2.45) is 0 Å². The molecule has 0 bridgehead atoms. The molecule has 6 heteroatoms. The van der Waals surface area contributed by atoms with Crippen molar-refractivity contribution >= 4 is 58.2 Å². The normalized spacial score (nSPS) is 32.2. The van der Waals surface area contributed by atoms with Crippen LogP contribution in [-0.2, 0) is 0 Å². The molecule has 0 saturated heterocycles. The lowest BCUT2D eigenvalue weighted by Crippen LogP contribution is -2.10. The summed E-state index contributed by atoms with van der Waals surface area (Å²) in [6, 6.07) is 0. The minimum Gasteiger partial charge on any atom is -0.0778 e. The summed E-state index contributed by atoms with van der Waals surface area (Å²) in [5.41, 5.74) is 0.767. The average molecular weight is 272 g/mol. The van der Waals surface area contributed by atoms with Crippen molar-refractivity contribution in [2.75, 3.05) is 0 Å². The molecule has 1 rings (SSSR count). The first-order valence-corrected chi connectivity index (χ1v) is 9.78. The van der Waals surface area contributed by atoms with Crippen molar-refractivity contribution < 1.29 is 0 Å².